The Morgan fingerprint density at radius 1 is 1.26 bits per heavy atom. The van der Waals surface area contributed by atoms with Crippen molar-refractivity contribution in [3.8, 4) is 5.75 Å². The zero-order valence-corrected chi connectivity index (χ0v) is 12.6. The summed E-state index contributed by atoms with van der Waals surface area (Å²) in [6, 6.07) is 10.1. The first-order valence-corrected chi connectivity index (χ1v) is 6.78. The number of anilines is 1. The van der Waals surface area contributed by atoms with E-state index >= 15 is 0 Å². The minimum Gasteiger partial charge on any atom is -0.497 e. The van der Waals surface area contributed by atoms with Crippen LogP contribution in [0.2, 0.25) is 5.02 Å². The molecule has 0 amide bonds. The third-order valence-corrected chi connectivity index (χ3v) is 3.37. The molecule has 0 saturated heterocycles. The van der Waals surface area contributed by atoms with Crippen LogP contribution in [0.5, 0.6) is 5.75 Å². The van der Waals surface area contributed by atoms with Crippen LogP contribution < -0.4 is 10.1 Å². The molecule has 2 nitrogen and oxygen atoms in total. The zero-order valence-electron chi connectivity index (χ0n) is 10.2. The molecule has 0 radical (unpaired) electrons. The summed E-state index contributed by atoms with van der Waals surface area (Å²) in [6.45, 7) is 0.475. The highest BCUT2D eigenvalue weighted by molar-refractivity contribution is 9.10. The molecule has 0 atom stereocenters. The lowest BCUT2D eigenvalue weighted by Crippen LogP contribution is -2.01. The average Bonchev–Trinajstić information content (AvgIpc) is 2.37. The van der Waals surface area contributed by atoms with Crippen LogP contribution in [0.1, 0.15) is 5.56 Å². The second-order valence-electron chi connectivity index (χ2n) is 3.98. The van der Waals surface area contributed by atoms with Crippen LogP contribution in [-0.4, -0.2) is 7.11 Å². The Bertz CT molecular complexity index is 571. The third-order valence-electron chi connectivity index (χ3n) is 2.58. The van der Waals surface area contributed by atoms with Crippen LogP contribution in [0.3, 0.4) is 0 Å². The highest BCUT2D eigenvalue weighted by Gasteiger charge is 2.04. The predicted molar refractivity (Wildman–Crippen MR) is 79.4 cm³/mol. The van der Waals surface area contributed by atoms with Crippen LogP contribution in [0.15, 0.2) is 40.9 Å². The van der Waals surface area contributed by atoms with Crippen molar-refractivity contribution < 1.29 is 9.13 Å². The first-order valence-electron chi connectivity index (χ1n) is 5.61. The molecule has 0 heterocycles. The van der Waals surface area contributed by atoms with Gasteiger partial charge in [-0.05, 0) is 35.9 Å². The van der Waals surface area contributed by atoms with Crippen molar-refractivity contribution in [2.24, 2.45) is 0 Å². The lowest BCUT2D eigenvalue weighted by Gasteiger charge is -2.10. The summed E-state index contributed by atoms with van der Waals surface area (Å²) in [4.78, 5) is 0. The van der Waals surface area contributed by atoms with E-state index in [0.29, 0.717) is 21.8 Å². The van der Waals surface area contributed by atoms with Gasteiger partial charge in [0.2, 0.25) is 0 Å². The van der Waals surface area contributed by atoms with Gasteiger partial charge in [-0.25, -0.2) is 4.39 Å². The van der Waals surface area contributed by atoms with Crippen LogP contribution in [0.4, 0.5) is 10.1 Å². The summed E-state index contributed by atoms with van der Waals surface area (Å²) in [5, 5.41) is 3.75. The standard InChI is InChI=1S/C14H12BrClFNO/c1-19-12-2-3-13(16)14(7-12)18-8-9-4-10(15)6-11(17)5-9/h2-7,18H,8H2,1H3. The molecule has 100 valence electrons. The van der Waals surface area contributed by atoms with E-state index in [1.807, 2.05) is 6.07 Å². The molecule has 0 aliphatic heterocycles. The van der Waals surface area contributed by atoms with Crippen LogP contribution in [0, 0.1) is 5.82 Å². The van der Waals surface area contributed by atoms with E-state index in [1.165, 1.54) is 12.1 Å². The monoisotopic (exact) mass is 343 g/mol. The minimum atomic E-state index is -0.275. The van der Waals surface area contributed by atoms with E-state index in [4.69, 9.17) is 16.3 Å². The maximum atomic E-state index is 13.2. The van der Waals surface area contributed by atoms with Crippen LogP contribution in [0.25, 0.3) is 0 Å². The molecule has 0 unspecified atom stereocenters. The Morgan fingerprint density at radius 3 is 2.74 bits per heavy atom. The fourth-order valence-corrected chi connectivity index (χ4v) is 2.37. The number of halogens is 3. The van der Waals surface area contributed by atoms with E-state index in [9.17, 15) is 4.39 Å². The summed E-state index contributed by atoms with van der Waals surface area (Å²) >= 11 is 9.34. The van der Waals surface area contributed by atoms with E-state index in [-0.39, 0.29) is 5.82 Å². The molecule has 2 aromatic rings. The molecule has 5 heteroatoms. The molecule has 0 aromatic heterocycles. The highest BCUT2D eigenvalue weighted by Crippen LogP contribution is 2.27. The van der Waals surface area contributed by atoms with Crippen molar-refractivity contribution >= 4 is 33.2 Å². The van der Waals surface area contributed by atoms with E-state index in [2.05, 4.69) is 21.2 Å². The van der Waals surface area contributed by atoms with Crippen molar-refractivity contribution in [3.05, 3.63) is 57.3 Å². The number of nitrogens with one attached hydrogen (secondary N) is 1. The Kier molecular flexibility index (Phi) is 4.66. The molecular weight excluding hydrogens is 333 g/mol. The maximum absolute atomic E-state index is 13.2. The van der Waals surface area contributed by atoms with Crippen molar-refractivity contribution in [1.82, 2.24) is 0 Å². The van der Waals surface area contributed by atoms with Crippen LogP contribution >= 0.6 is 27.5 Å². The van der Waals surface area contributed by atoms with Gasteiger partial charge in [-0.3, -0.25) is 0 Å². The van der Waals surface area contributed by atoms with Crippen molar-refractivity contribution in [1.29, 1.82) is 0 Å². The summed E-state index contributed by atoms with van der Waals surface area (Å²) < 4.78 is 19.1. The lowest BCUT2D eigenvalue weighted by atomic mass is 10.2. The van der Waals surface area contributed by atoms with Gasteiger partial charge in [0.1, 0.15) is 11.6 Å². The van der Waals surface area contributed by atoms with Gasteiger partial charge in [0, 0.05) is 17.1 Å². The van der Waals surface area contributed by atoms with E-state index in [0.717, 1.165) is 11.3 Å². The van der Waals surface area contributed by atoms with E-state index in [1.54, 1.807) is 25.3 Å². The fraction of sp³-hybridized carbons (Fsp3) is 0.143. The molecular formula is C14H12BrClFNO. The largest absolute Gasteiger partial charge is 0.497 e. The predicted octanol–water partition coefficient (Wildman–Crippen LogP) is 4.86. The summed E-state index contributed by atoms with van der Waals surface area (Å²) in [5.41, 5.74) is 1.58. The molecule has 1 N–H and O–H groups in total. The van der Waals surface area contributed by atoms with Gasteiger partial charge in [0.25, 0.3) is 0 Å². The second-order valence-corrected chi connectivity index (χ2v) is 5.30. The SMILES string of the molecule is COc1ccc(Cl)c(NCc2cc(F)cc(Br)c2)c1. The number of ether oxygens (including phenoxy) is 1. The molecule has 0 aliphatic rings. The van der Waals surface area contributed by atoms with Gasteiger partial charge >= 0.3 is 0 Å². The number of hydrogen-bond donors (Lipinski definition) is 1. The molecule has 2 aromatic carbocycles. The summed E-state index contributed by atoms with van der Waals surface area (Å²) in [6.07, 6.45) is 0. The van der Waals surface area contributed by atoms with Crippen molar-refractivity contribution in [2.75, 3.05) is 12.4 Å². The van der Waals surface area contributed by atoms with Crippen molar-refractivity contribution in [2.45, 2.75) is 6.54 Å². The normalized spacial score (nSPS) is 10.3. The lowest BCUT2D eigenvalue weighted by molar-refractivity contribution is 0.415. The Morgan fingerprint density at radius 2 is 2.05 bits per heavy atom. The Balaban J connectivity index is 2.13. The van der Waals surface area contributed by atoms with Crippen LogP contribution in [-0.2, 0) is 6.54 Å². The number of methoxy groups -OCH3 is 1. The molecule has 0 spiro atoms. The first-order chi connectivity index (χ1) is 9.08. The Labute approximate surface area is 124 Å². The molecule has 0 fully saturated rings. The van der Waals surface area contributed by atoms with Gasteiger partial charge in [-0.1, -0.05) is 27.5 Å². The van der Waals surface area contributed by atoms with Gasteiger partial charge in [-0.2, -0.15) is 0 Å². The summed E-state index contributed by atoms with van der Waals surface area (Å²) in [5.74, 6) is 0.440. The molecule has 0 bridgehead atoms. The number of rotatable bonds is 4. The summed E-state index contributed by atoms with van der Waals surface area (Å²) in [7, 11) is 1.59. The number of benzene rings is 2. The van der Waals surface area contributed by atoms with E-state index < -0.39 is 0 Å². The first kappa shape index (κ1) is 14.2. The molecule has 19 heavy (non-hydrogen) atoms. The average molecular weight is 345 g/mol. The third kappa shape index (κ3) is 3.85. The fourth-order valence-electron chi connectivity index (χ4n) is 1.68. The van der Waals surface area contributed by atoms with Gasteiger partial charge in [-0.15, -0.1) is 0 Å². The molecule has 0 aliphatic carbocycles. The van der Waals surface area contributed by atoms with Gasteiger partial charge < -0.3 is 10.1 Å². The smallest absolute Gasteiger partial charge is 0.124 e. The second kappa shape index (κ2) is 6.26. The molecule has 0 saturated carbocycles. The van der Waals surface area contributed by atoms with Gasteiger partial charge in [0.05, 0.1) is 17.8 Å². The maximum Gasteiger partial charge on any atom is 0.124 e. The van der Waals surface area contributed by atoms with Crippen molar-refractivity contribution in [3.63, 3.8) is 0 Å². The minimum absolute atomic E-state index is 0.275. The highest BCUT2D eigenvalue weighted by atomic mass is 79.9. The topological polar surface area (TPSA) is 21.3 Å². The zero-order chi connectivity index (χ0) is 13.8. The quantitative estimate of drug-likeness (QED) is 0.855. The Hall–Kier alpha value is -1.26. The van der Waals surface area contributed by atoms with Gasteiger partial charge in [0.15, 0.2) is 0 Å². The molecule has 2 rings (SSSR count). The number of hydrogen-bond acceptors (Lipinski definition) is 2.